The van der Waals surface area contributed by atoms with Gasteiger partial charge in [-0.1, -0.05) is 0 Å². The second-order valence-corrected chi connectivity index (χ2v) is 4.98. The molecule has 5 heteroatoms. The zero-order valence-corrected chi connectivity index (χ0v) is 11.5. The number of likely N-dealkylation sites (tertiary alicyclic amines) is 1. The van der Waals surface area contributed by atoms with Gasteiger partial charge in [0.1, 0.15) is 5.75 Å². The van der Waals surface area contributed by atoms with Crippen LogP contribution in [-0.2, 0) is 4.79 Å². The van der Waals surface area contributed by atoms with Crippen LogP contribution in [-0.4, -0.2) is 41.2 Å². The second kappa shape index (κ2) is 6.40. The van der Waals surface area contributed by atoms with Crippen molar-refractivity contribution >= 4 is 5.91 Å². The number of aliphatic hydroxyl groups is 1. The van der Waals surface area contributed by atoms with Crippen LogP contribution in [0.3, 0.4) is 0 Å². The molecule has 0 saturated carbocycles. The number of nitrogens with zero attached hydrogens (tertiary/aromatic N) is 2. The summed E-state index contributed by atoms with van der Waals surface area (Å²) in [5.41, 5.74) is 0.551. The number of β-amino-alcohol motifs (C(OH)–C–C–N with tert-alkyl or cyclic N) is 1. The molecule has 1 fully saturated rings. The van der Waals surface area contributed by atoms with Gasteiger partial charge in [-0.3, -0.25) is 4.79 Å². The standard InChI is InChI=1S/C15H18N2O3/c1-11(15(19)17-8-2-3-13(18)10-17)20-14-6-4-12(9-16)5-7-14/h4-7,11,13,18H,2-3,8,10H2,1H3/t11?,13-/m0/s1. The predicted octanol–water partition coefficient (Wildman–Crippen LogP) is 1.31. The van der Waals surface area contributed by atoms with Gasteiger partial charge in [0, 0.05) is 13.1 Å². The molecule has 0 spiro atoms. The quantitative estimate of drug-likeness (QED) is 0.902. The van der Waals surface area contributed by atoms with Crippen molar-refractivity contribution in [2.45, 2.75) is 32.0 Å². The minimum Gasteiger partial charge on any atom is -0.481 e. The smallest absolute Gasteiger partial charge is 0.263 e. The molecule has 106 valence electrons. The van der Waals surface area contributed by atoms with Crippen LogP contribution >= 0.6 is 0 Å². The summed E-state index contributed by atoms with van der Waals surface area (Å²) < 4.78 is 5.58. The lowest BCUT2D eigenvalue weighted by Gasteiger charge is -2.32. The van der Waals surface area contributed by atoms with E-state index >= 15 is 0 Å². The summed E-state index contributed by atoms with van der Waals surface area (Å²) in [6.45, 7) is 2.73. The first-order valence-corrected chi connectivity index (χ1v) is 6.74. The molecule has 1 aliphatic heterocycles. The van der Waals surface area contributed by atoms with Crippen LogP contribution in [0.25, 0.3) is 0 Å². The van der Waals surface area contributed by atoms with Crippen LogP contribution in [0.15, 0.2) is 24.3 Å². The number of piperidine rings is 1. The molecule has 1 heterocycles. The molecule has 0 aliphatic carbocycles. The highest BCUT2D eigenvalue weighted by molar-refractivity contribution is 5.81. The summed E-state index contributed by atoms with van der Waals surface area (Å²) in [5, 5.41) is 18.3. The molecular weight excluding hydrogens is 256 g/mol. The van der Waals surface area contributed by atoms with Crippen molar-refractivity contribution in [3.63, 3.8) is 0 Å². The van der Waals surface area contributed by atoms with Crippen molar-refractivity contribution in [3.8, 4) is 11.8 Å². The molecule has 5 nitrogen and oxygen atoms in total. The SMILES string of the molecule is CC(Oc1ccc(C#N)cc1)C(=O)N1CCC[C@H](O)C1. The van der Waals surface area contributed by atoms with E-state index in [1.807, 2.05) is 6.07 Å². The minimum absolute atomic E-state index is 0.117. The first-order valence-electron chi connectivity index (χ1n) is 6.74. The van der Waals surface area contributed by atoms with Crippen molar-refractivity contribution in [3.05, 3.63) is 29.8 Å². The van der Waals surface area contributed by atoms with Crippen LogP contribution < -0.4 is 4.74 Å². The number of hydrogen-bond donors (Lipinski definition) is 1. The molecule has 0 aromatic heterocycles. The van der Waals surface area contributed by atoms with Crippen molar-refractivity contribution in [2.75, 3.05) is 13.1 Å². The molecular formula is C15H18N2O3. The highest BCUT2D eigenvalue weighted by Crippen LogP contribution is 2.16. The van der Waals surface area contributed by atoms with E-state index in [1.165, 1.54) is 0 Å². The van der Waals surface area contributed by atoms with Gasteiger partial charge in [0.05, 0.1) is 17.7 Å². The highest BCUT2D eigenvalue weighted by atomic mass is 16.5. The van der Waals surface area contributed by atoms with E-state index in [2.05, 4.69) is 0 Å². The van der Waals surface area contributed by atoms with E-state index in [-0.39, 0.29) is 5.91 Å². The van der Waals surface area contributed by atoms with Crippen molar-refractivity contribution in [2.24, 2.45) is 0 Å². The van der Waals surface area contributed by atoms with E-state index in [9.17, 15) is 9.90 Å². The number of hydrogen-bond acceptors (Lipinski definition) is 4. The monoisotopic (exact) mass is 274 g/mol. The minimum atomic E-state index is -0.603. The Balaban J connectivity index is 1.94. The van der Waals surface area contributed by atoms with E-state index in [0.717, 1.165) is 12.8 Å². The Hall–Kier alpha value is -2.06. The number of nitriles is 1. The van der Waals surface area contributed by atoms with E-state index in [0.29, 0.717) is 24.4 Å². The maximum Gasteiger partial charge on any atom is 0.263 e. The molecule has 1 N–H and O–H groups in total. The Morgan fingerprint density at radius 2 is 2.20 bits per heavy atom. The van der Waals surface area contributed by atoms with Crippen LogP contribution in [0, 0.1) is 11.3 Å². The second-order valence-electron chi connectivity index (χ2n) is 4.98. The van der Waals surface area contributed by atoms with Gasteiger partial charge in [0.15, 0.2) is 6.10 Å². The molecule has 20 heavy (non-hydrogen) atoms. The molecule has 0 bridgehead atoms. The highest BCUT2D eigenvalue weighted by Gasteiger charge is 2.26. The third-order valence-corrected chi connectivity index (χ3v) is 3.35. The fourth-order valence-electron chi connectivity index (χ4n) is 2.27. The summed E-state index contributed by atoms with van der Waals surface area (Å²) >= 11 is 0. The first-order chi connectivity index (χ1) is 9.60. The van der Waals surface area contributed by atoms with Crippen molar-refractivity contribution < 1.29 is 14.6 Å². The molecule has 1 aromatic carbocycles. The Labute approximate surface area is 118 Å². The van der Waals surface area contributed by atoms with Crippen LogP contribution in [0.1, 0.15) is 25.3 Å². The maximum atomic E-state index is 12.2. The molecule has 1 aliphatic rings. The van der Waals surface area contributed by atoms with Gasteiger partial charge < -0.3 is 14.7 Å². The number of benzene rings is 1. The van der Waals surface area contributed by atoms with E-state index in [4.69, 9.17) is 10.00 Å². The zero-order valence-electron chi connectivity index (χ0n) is 11.5. The van der Waals surface area contributed by atoms with Gasteiger partial charge in [-0.25, -0.2) is 0 Å². The Morgan fingerprint density at radius 3 is 2.80 bits per heavy atom. The molecule has 2 atom stereocenters. The van der Waals surface area contributed by atoms with Gasteiger partial charge in [-0.2, -0.15) is 5.26 Å². The average Bonchev–Trinajstić information content (AvgIpc) is 2.47. The number of ether oxygens (including phenoxy) is 1. The van der Waals surface area contributed by atoms with E-state index in [1.54, 1.807) is 36.1 Å². The maximum absolute atomic E-state index is 12.2. The summed E-state index contributed by atoms with van der Waals surface area (Å²) in [5.74, 6) is 0.440. The molecule has 1 saturated heterocycles. The van der Waals surface area contributed by atoms with Gasteiger partial charge in [0.2, 0.25) is 0 Å². The molecule has 1 unspecified atom stereocenters. The third-order valence-electron chi connectivity index (χ3n) is 3.35. The Bertz CT molecular complexity index is 507. The number of carbonyl (C=O) groups excluding carboxylic acids is 1. The Morgan fingerprint density at radius 1 is 1.50 bits per heavy atom. The number of carbonyl (C=O) groups is 1. The zero-order chi connectivity index (χ0) is 14.5. The number of rotatable bonds is 3. The normalized spacial score (nSPS) is 20.1. The number of aliphatic hydroxyl groups excluding tert-OH is 1. The topological polar surface area (TPSA) is 73.6 Å². The molecule has 1 amide bonds. The van der Waals surface area contributed by atoms with Crippen LogP contribution in [0.4, 0.5) is 0 Å². The molecule has 0 radical (unpaired) electrons. The lowest BCUT2D eigenvalue weighted by Crippen LogP contribution is -2.47. The van der Waals surface area contributed by atoms with E-state index < -0.39 is 12.2 Å². The lowest BCUT2D eigenvalue weighted by atomic mass is 10.1. The number of amides is 1. The summed E-state index contributed by atoms with van der Waals surface area (Å²) in [6.07, 6.45) is 0.522. The van der Waals surface area contributed by atoms with Crippen molar-refractivity contribution in [1.82, 2.24) is 4.90 Å². The third kappa shape index (κ3) is 3.49. The van der Waals surface area contributed by atoms with Gasteiger partial charge in [-0.15, -0.1) is 0 Å². The largest absolute Gasteiger partial charge is 0.481 e. The summed E-state index contributed by atoms with van der Waals surface area (Å²) in [6, 6.07) is 8.68. The lowest BCUT2D eigenvalue weighted by molar-refractivity contribution is -0.141. The van der Waals surface area contributed by atoms with Crippen LogP contribution in [0.5, 0.6) is 5.75 Å². The van der Waals surface area contributed by atoms with Gasteiger partial charge >= 0.3 is 0 Å². The summed E-state index contributed by atoms with van der Waals surface area (Å²) in [4.78, 5) is 13.8. The molecule has 2 rings (SSSR count). The van der Waals surface area contributed by atoms with Crippen LogP contribution in [0.2, 0.25) is 0 Å². The first kappa shape index (κ1) is 14.4. The Kier molecular flexibility index (Phi) is 4.59. The van der Waals surface area contributed by atoms with Crippen molar-refractivity contribution in [1.29, 1.82) is 5.26 Å². The average molecular weight is 274 g/mol. The fraction of sp³-hybridized carbons (Fsp3) is 0.467. The van der Waals surface area contributed by atoms with Gasteiger partial charge in [-0.05, 0) is 44.0 Å². The summed E-state index contributed by atoms with van der Waals surface area (Å²) in [7, 11) is 0. The fourth-order valence-corrected chi connectivity index (χ4v) is 2.27. The molecule has 1 aromatic rings. The predicted molar refractivity (Wildman–Crippen MR) is 73.1 cm³/mol. The van der Waals surface area contributed by atoms with Gasteiger partial charge in [0.25, 0.3) is 5.91 Å².